The van der Waals surface area contributed by atoms with Gasteiger partial charge in [-0.15, -0.1) is 11.3 Å². The third-order valence-corrected chi connectivity index (χ3v) is 4.39. The third-order valence-electron chi connectivity index (χ3n) is 3.45. The summed E-state index contributed by atoms with van der Waals surface area (Å²) < 4.78 is 0. The Hall–Kier alpha value is -0.910. The Kier molecular flexibility index (Phi) is 4.37. The first-order chi connectivity index (χ1) is 8.65. The van der Waals surface area contributed by atoms with E-state index in [0.717, 1.165) is 13.0 Å². The average molecular weight is 267 g/mol. The minimum absolute atomic E-state index is 0.0172. The summed E-state index contributed by atoms with van der Waals surface area (Å²) in [4.78, 5) is 15.4. The molecule has 1 amide bonds. The van der Waals surface area contributed by atoms with Crippen molar-refractivity contribution in [2.24, 2.45) is 5.73 Å². The lowest BCUT2D eigenvalue weighted by Gasteiger charge is -2.41. The van der Waals surface area contributed by atoms with Crippen LogP contribution in [0.2, 0.25) is 0 Å². The molecule has 2 rings (SSSR count). The zero-order valence-electron chi connectivity index (χ0n) is 10.9. The summed E-state index contributed by atoms with van der Waals surface area (Å²) >= 11 is 1.71. The van der Waals surface area contributed by atoms with Crippen molar-refractivity contribution in [1.82, 2.24) is 10.2 Å². The van der Waals surface area contributed by atoms with Crippen molar-refractivity contribution in [3.63, 3.8) is 0 Å². The number of carbonyl (C=O) groups is 1. The molecule has 1 aromatic heterocycles. The molecule has 1 saturated heterocycles. The number of nitrogens with two attached hydrogens (primary N) is 1. The maximum atomic E-state index is 11.9. The molecular weight excluding hydrogens is 246 g/mol. The fourth-order valence-electron chi connectivity index (χ4n) is 2.67. The van der Waals surface area contributed by atoms with E-state index in [-0.39, 0.29) is 24.0 Å². The van der Waals surface area contributed by atoms with Crippen LogP contribution in [-0.4, -0.2) is 36.0 Å². The molecule has 0 aromatic carbocycles. The monoisotopic (exact) mass is 267 g/mol. The van der Waals surface area contributed by atoms with Gasteiger partial charge in [-0.3, -0.25) is 9.69 Å². The number of thiophene rings is 1. The Balaban J connectivity index is 2.27. The highest BCUT2D eigenvalue weighted by atomic mass is 32.1. The smallest absolute Gasteiger partial charge is 0.237 e. The molecule has 4 nitrogen and oxygen atoms in total. The molecule has 0 radical (unpaired) electrons. The number of nitrogens with one attached hydrogen (secondary N) is 1. The standard InChI is InChI=1S/C13H21N3OS/c1-3-10-13(17)15-6-7-16(10)12(9(2)14)11-5-4-8-18-11/h4-5,8-10,12H,3,6-7,14H2,1-2H3,(H,15,17). The second-order valence-corrected chi connectivity index (χ2v) is 5.75. The van der Waals surface area contributed by atoms with Gasteiger partial charge in [-0.25, -0.2) is 0 Å². The minimum atomic E-state index is -0.0585. The van der Waals surface area contributed by atoms with Crippen LogP contribution in [-0.2, 0) is 4.79 Å². The van der Waals surface area contributed by atoms with Gasteiger partial charge in [0.15, 0.2) is 0 Å². The van der Waals surface area contributed by atoms with Crippen LogP contribution in [0.3, 0.4) is 0 Å². The fourth-order valence-corrected chi connectivity index (χ4v) is 3.63. The molecule has 0 spiro atoms. The van der Waals surface area contributed by atoms with E-state index < -0.39 is 0 Å². The normalized spacial score (nSPS) is 24.6. The molecule has 5 heteroatoms. The van der Waals surface area contributed by atoms with Gasteiger partial charge in [0.2, 0.25) is 5.91 Å². The third kappa shape index (κ3) is 2.58. The van der Waals surface area contributed by atoms with E-state index in [4.69, 9.17) is 5.73 Å². The zero-order valence-corrected chi connectivity index (χ0v) is 11.7. The number of rotatable bonds is 4. The molecule has 0 bridgehead atoms. The predicted octanol–water partition coefficient (Wildman–Crippen LogP) is 1.35. The van der Waals surface area contributed by atoms with Crippen molar-refractivity contribution in [3.8, 4) is 0 Å². The summed E-state index contributed by atoms with van der Waals surface area (Å²) in [5.74, 6) is 0.131. The Bertz CT molecular complexity index is 391. The van der Waals surface area contributed by atoms with Gasteiger partial charge < -0.3 is 11.1 Å². The molecule has 0 aliphatic carbocycles. The van der Waals surface area contributed by atoms with Crippen molar-refractivity contribution < 1.29 is 4.79 Å². The van der Waals surface area contributed by atoms with Crippen LogP contribution in [0.25, 0.3) is 0 Å². The predicted molar refractivity (Wildman–Crippen MR) is 74.5 cm³/mol. The first-order valence-corrected chi connectivity index (χ1v) is 7.35. The second kappa shape index (κ2) is 5.82. The van der Waals surface area contributed by atoms with Gasteiger partial charge in [-0.1, -0.05) is 13.0 Å². The quantitative estimate of drug-likeness (QED) is 0.865. The molecule has 3 N–H and O–H groups in total. The van der Waals surface area contributed by atoms with Crippen molar-refractivity contribution >= 4 is 17.2 Å². The maximum Gasteiger partial charge on any atom is 0.237 e. The maximum absolute atomic E-state index is 11.9. The first-order valence-electron chi connectivity index (χ1n) is 6.47. The summed E-state index contributed by atoms with van der Waals surface area (Å²) in [6.07, 6.45) is 0.820. The lowest BCUT2D eigenvalue weighted by molar-refractivity contribution is -0.130. The number of nitrogens with zero attached hydrogens (tertiary/aromatic N) is 1. The van der Waals surface area contributed by atoms with E-state index in [1.54, 1.807) is 11.3 Å². The van der Waals surface area contributed by atoms with Crippen molar-refractivity contribution in [3.05, 3.63) is 22.4 Å². The fraction of sp³-hybridized carbons (Fsp3) is 0.615. The topological polar surface area (TPSA) is 58.4 Å². The van der Waals surface area contributed by atoms with E-state index in [1.807, 2.05) is 13.0 Å². The van der Waals surface area contributed by atoms with Gasteiger partial charge in [0.25, 0.3) is 0 Å². The minimum Gasteiger partial charge on any atom is -0.353 e. The highest BCUT2D eigenvalue weighted by molar-refractivity contribution is 7.10. The summed E-state index contributed by atoms with van der Waals surface area (Å²) in [6, 6.07) is 4.25. The van der Waals surface area contributed by atoms with Crippen molar-refractivity contribution in [2.75, 3.05) is 13.1 Å². The van der Waals surface area contributed by atoms with Gasteiger partial charge in [-0.05, 0) is 24.8 Å². The number of piperazine rings is 1. The Morgan fingerprint density at radius 1 is 1.67 bits per heavy atom. The van der Waals surface area contributed by atoms with Crippen LogP contribution < -0.4 is 11.1 Å². The van der Waals surface area contributed by atoms with Crippen LogP contribution in [0, 0.1) is 0 Å². The highest BCUT2D eigenvalue weighted by Gasteiger charge is 2.35. The molecule has 3 atom stereocenters. The van der Waals surface area contributed by atoms with Gasteiger partial charge in [0.05, 0.1) is 12.1 Å². The van der Waals surface area contributed by atoms with Crippen LogP contribution in [0.1, 0.15) is 31.2 Å². The van der Waals surface area contributed by atoms with Crippen molar-refractivity contribution in [2.45, 2.75) is 38.4 Å². The molecule has 3 unspecified atom stereocenters. The molecule has 1 aliphatic heterocycles. The first kappa shape index (κ1) is 13.5. The van der Waals surface area contributed by atoms with Crippen LogP contribution in [0.4, 0.5) is 0 Å². The largest absolute Gasteiger partial charge is 0.353 e. The number of amides is 1. The molecule has 1 fully saturated rings. The zero-order chi connectivity index (χ0) is 13.1. The number of hydrogen-bond acceptors (Lipinski definition) is 4. The van der Waals surface area contributed by atoms with Crippen LogP contribution >= 0.6 is 11.3 Å². The Morgan fingerprint density at radius 3 is 3.00 bits per heavy atom. The van der Waals surface area contributed by atoms with Gasteiger partial charge in [-0.2, -0.15) is 0 Å². The highest BCUT2D eigenvalue weighted by Crippen LogP contribution is 2.30. The lowest BCUT2D eigenvalue weighted by atomic mass is 10.0. The molecule has 0 saturated carbocycles. The Morgan fingerprint density at radius 2 is 2.44 bits per heavy atom. The van der Waals surface area contributed by atoms with Gasteiger partial charge in [0, 0.05) is 24.0 Å². The molecule has 18 heavy (non-hydrogen) atoms. The summed E-state index contributed by atoms with van der Waals surface area (Å²) in [7, 11) is 0. The molecule has 1 aliphatic rings. The van der Waals surface area contributed by atoms with E-state index in [2.05, 4.69) is 28.6 Å². The molecule has 1 aromatic rings. The van der Waals surface area contributed by atoms with Gasteiger partial charge >= 0.3 is 0 Å². The lowest BCUT2D eigenvalue weighted by Crippen LogP contribution is -2.58. The van der Waals surface area contributed by atoms with E-state index in [0.29, 0.717) is 6.54 Å². The van der Waals surface area contributed by atoms with Crippen LogP contribution in [0.15, 0.2) is 17.5 Å². The average Bonchev–Trinajstić information content (AvgIpc) is 2.82. The molecule has 2 heterocycles. The van der Waals surface area contributed by atoms with E-state index in [9.17, 15) is 4.79 Å². The molecular formula is C13H21N3OS. The molecule has 100 valence electrons. The van der Waals surface area contributed by atoms with Crippen LogP contribution in [0.5, 0.6) is 0 Å². The summed E-state index contributed by atoms with van der Waals surface area (Å²) in [5.41, 5.74) is 6.15. The second-order valence-electron chi connectivity index (χ2n) is 4.77. The van der Waals surface area contributed by atoms with E-state index in [1.165, 1.54) is 4.88 Å². The number of hydrogen-bond donors (Lipinski definition) is 2. The number of carbonyl (C=O) groups excluding carboxylic acids is 1. The Labute approximate surface area is 112 Å². The van der Waals surface area contributed by atoms with E-state index >= 15 is 0 Å². The van der Waals surface area contributed by atoms with Gasteiger partial charge in [0.1, 0.15) is 0 Å². The SMILES string of the molecule is CCC1C(=O)NCCN1C(c1cccs1)C(C)N. The van der Waals surface area contributed by atoms with Crippen molar-refractivity contribution in [1.29, 1.82) is 0 Å². The summed E-state index contributed by atoms with van der Waals surface area (Å²) in [6.45, 7) is 5.65. The summed E-state index contributed by atoms with van der Waals surface area (Å²) in [5, 5.41) is 5.00.